The molecule has 70 heavy (non-hydrogen) atoms. The molecule has 4 aromatic carbocycles. The molecular weight excluding hydrogens is 951 g/mol. The average molecular weight is 1010 g/mol. The van der Waals surface area contributed by atoms with Gasteiger partial charge in [-0.3, -0.25) is 27.8 Å². The van der Waals surface area contributed by atoms with Crippen molar-refractivity contribution in [2.75, 3.05) is 49.0 Å². The van der Waals surface area contributed by atoms with Gasteiger partial charge in [-0.05, 0) is 125 Å². The van der Waals surface area contributed by atoms with Gasteiger partial charge in [-0.25, -0.2) is 25.6 Å². The highest BCUT2D eigenvalue weighted by molar-refractivity contribution is 7.93. The van der Waals surface area contributed by atoms with Gasteiger partial charge in [0.05, 0.1) is 48.2 Å². The summed E-state index contributed by atoms with van der Waals surface area (Å²) in [5.41, 5.74) is 2.33. The van der Waals surface area contributed by atoms with E-state index in [0.717, 1.165) is 35.4 Å². The molecule has 380 valence electrons. The fraction of sp³-hybridized carbons (Fsp3) is 0.440. The minimum absolute atomic E-state index is 0.0157. The second-order valence-corrected chi connectivity index (χ2v) is 22.9. The van der Waals surface area contributed by atoms with E-state index in [2.05, 4.69) is 10.6 Å². The fourth-order valence-corrected chi connectivity index (χ4v) is 11.1. The van der Waals surface area contributed by atoms with E-state index in [-0.39, 0.29) is 70.9 Å². The Labute approximate surface area is 409 Å². The number of ether oxygens (including phenoxy) is 4. The smallest absolute Gasteiger partial charge is 0.310 e. The third kappa shape index (κ3) is 14.4. The molecule has 0 fully saturated rings. The maximum absolute atomic E-state index is 14.0. The molecule has 0 spiro atoms. The highest BCUT2D eigenvalue weighted by Gasteiger charge is 2.36. The first-order valence-corrected chi connectivity index (χ1v) is 25.4. The second kappa shape index (κ2) is 22.2. The lowest BCUT2D eigenvalue weighted by Gasteiger charge is -2.35. The van der Waals surface area contributed by atoms with Crippen LogP contribution >= 0.6 is 0 Å². The molecule has 0 saturated carbocycles. The maximum Gasteiger partial charge on any atom is 0.310 e. The summed E-state index contributed by atoms with van der Waals surface area (Å²) in [6.45, 7) is 14.3. The highest BCUT2D eigenvalue weighted by atomic mass is 32.2. The van der Waals surface area contributed by atoms with E-state index in [1.165, 1.54) is 48.8 Å². The molecule has 0 saturated heterocycles. The summed E-state index contributed by atoms with van der Waals surface area (Å²) in [6, 6.07) is 17.2. The van der Waals surface area contributed by atoms with Crippen LogP contribution in [0.25, 0.3) is 0 Å². The van der Waals surface area contributed by atoms with Gasteiger partial charge in [-0.2, -0.15) is 0 Å². The van der Waals surface area contributed by atoms with Crippen molar-refractivity contribution in [1.29, 1.82) is 0 Å². The molecule has 2 amide bonds. The van der Waals surface area contributed by atoms with Gasteiger partial charge in [-0.1, -0.05) is 24.3 Å². The van der Waals surface area contributed by atoms with Crippen LogP contribution in [0.15, 0.2) is 82.6 Å². The van der Waals surface area contributed by atoms with E-state index < -0.39 is 54.8 Å². The summed E-state index contributed by atoms with van der Waals surface area (Å²) < 4.78 is 106. The number of sulfonamides is 2. The number of hydrogen-bond acceptors (Lipinski definition) is 12. The number of carbonyl (C=O) groups is 4. The van der Waals surface area contributed by atoms with Gasteiger partial charge < -0.3 is 29.6 Å². The number of fused-ring (bicyclic) bond motifs is 2. The van der Waals surface area contributed by atoms with Crippen LogP contribution < -0.4 is 28.7 Å². The lowest BCUT2D eigenvalue weighted by Crippen LogP contribution is -2.43. The van der Waals surface area contributed by atoms with Gasteiger partial charge in [0.25, 0.3) is 20.0 Å². The largest absolute Gasteiger partial charge is 0.494 e. The van der Waals surface area contributed by atoms with Crippen LogP contribution in [0.2, 0.25) is 0 Å². The van der Waals surface area contributed by atoms with E-state index in [1.54, 1.807) is 77.9 Å². The van der Waals surface area contributed by atoms with Crippen molar-refractivity contribution < 1.29 is 63.7 Å². The van der Waals surface area contributed by atoms with Crippen molar-refractivity contribution in [2.24, 2.45) is 11.8 Å². The van der Waals surface area contributed by atoms with Gasteiger partial charge in [0.2, 0.25) is 11.8 Å². The fourth-order valence-electron chi connectivity index (χ4n) is 7.91. The number of hydrogen-bond donors (Lipinski definition) is 2. The van der Waals surface area contributed by atoms with E-state index in [0.29, 0.717) is 48.4 Å². The van der Waals surface area contributed by atoms with Gasteiger partial charge in [0, 0.05) is 52.2 Å². The number of carbonyl (C=O) groups excluding carboxylic acids is 4. The van der Waals surface area contributed by atoms with Gasteiger partial charge in [0.15, 0.2) is 23.1 Å². The molecule has 2 atom stereocenters. The molecular formula is C50H62F2N4O12S2. The molecule has 2 heterocycles. The maximum atomic E-state index is 14.0. The number of methoxy groups -OCH3 is 2. The lowest BCUT2D eigenvalue weighted by atomic mass is 9.92. The molecule has 0 bridgehead atoms. The normalized spacial score (nSPS) is 15.8. The van der Waals surface area contributed by atoms with E-state index in [4.69, 9.17) is 18.9 Å². The lowest BCUT2D eigenvalue weighted by molar-refractivity contribution is -0.155. The van der Waals surface area contributed by atoms with E-state index in [1.807, 2.05) is 0 Å². The number of nitrogens with zero attached hydrogens (tertiary/aromatic N) is 2. The van der Waals surface area contributed by atoms with Crippen molar-refractivity contribution in [3.8, 4) is 11.5 Å². The number of benzene rings is 4. The molecule has 4 aromatic rings. The van der Waals surface area contributed by atoms with Crippen LogP contribution in [0.4, 0.5) is 20.2 Å². The summed E-state index contributed by atoms with van der Waals surface area (Å²) in [4.78, 5) is 47.3. The van der Waals surface area contributed by atoms with Crippen molar-refractivity contribution >= 4 is 55.2 Å². The van der Waals surface area contributed by atoms with Crippen LogP contribution in [0.1, 0.15) is 77.6 Å². The second-order valence-electron chi connectivity index (χ2n) is 19.1. The number of amides is 2. The molecule has 2 aliphatic rings. The topological polar surface area (TPSA) is 204 Å². The van der Waals surface area contributed by atoms with Crippen LogP contribution in [-0.2, 0) is 74.4 Å². The molecule has 6 rings (SSSR count). The number of anilines is 2. The van der Waals surface area contributed by atoms with Gasteiger partial charge >= 0.3 is 11.9 Å². The standard InChI is InChI=1S/2C25H31FN2O6S/c2*1-16(29)27-14-18-10-19-7-6-17(12-24(30)34-25(2,3)4)11-22(19)28(15-18)35(31,32)20-8-9-21(26)23(13-20)33-5/h2*6-9,11,13,18H,10,12,14-15H2,1-5H3,(H,27,29)/t2*18-/m10/s1. The Morgan fingerprint density at radius 1 is 0.586 bits per heavy atom. The van der Waals surface area contributed by atoms with Crippen LogP contribution in [-0.4, -0.2) is 92.2 Å². The molecule has 16 nitrogen and oxygen atoms in total. The Morgan fingerprint density at radius 2 is 0.943 bits per heavy atom. The van der Waals surface area contributed by atoms with Crippen molar-refractivity contribution in [2.45, 2.75) is 102 Å². The Balaban J connectivity index is 0.000000261. The first-order chi connectivity index (χ1) is 32.6. The summed E-state index contributed by atoms with van der Waals surface area (Å²) in [7, 11) is -5.70. The van der Waals surface area contributed by atoms with Crippen LogP contribution in [0, 0.1) is 23.5 Å². The zero-order valence-corrected chi connectivity index (χ0v) is 42.7. The monoisotopic (exact) mass is 1010 g/mol. The summed E-state index contributed by atoms with van der Waals surface area (Å²) in [6.07, 6.45) is 1.05. The average Bonchev–Trinajstić information content (AvgIpc) is 3.26. The first kappa shape index (κ1) is 54.7. The van der Waals surface area contributed by atoms with E-state index in [9.17, 15) is 44.8 Å². The zero-order chi connectivity index (χ0) is 51.9. The Hall–Kier alpha value is -6.28. The number of rotatable bonds is 14. The van der Waals surface area contributed by atoms with Crippen molar-refractivity contribution in [3.05, 3.63) is 107 Å². The van der Waals surface area contributed by atoms with Crippen molar-refractivity contribution in [1.82, 2.24) is 10.6 Å². The molecule has 0 unspecified atom stereocenters. The number of nitrogens with one attached hydrogen (secondary N) is 2. The zero-order valence-electron chi connectivity index (χ0n) is 41.1. The highest BCUT2D eigenvalue weighted by Crippen LogP contribution is 2.38. The quantitative estimate of drug-likeness (QED) is 0.131. The predicted molar refractivity (Wildman–Crippen MR) is 259 cm³/mol. The molecule has 0 radical (unpaired) electrons. The minimum atomic E-state index is -4.11. The third-order valence-electron chi connectivity index (χ3n) is 10.9. The summed E-state index contributed by atoms with van der Waals surface area (Å²) >= 11 is 0. The van der Waals surface area contributed by atoms with Crippen LogP contribution in [0.5, 0.6) is 11.5 Å². The summed E-state index contributed by atoms with van der Waals surface area (Å²) in [5, 5.41) is 5.50. The number of esters is 2. The molecule has 0 aromatic heterocycles. The molecule has 20 heteroatoms. The minimum Gasteiger partial charge on any atom is -0.494 e. The van der Waals surface area contributed by atoms with Gasteiger partial charge in [0.1, 0.15) is 11.2 Å². The Morgan fingerprint density at radius 3 is 1.26 bits per heavy atom. The predicted octanol–water partition coefficient (Wildman–Crippen LogP) is 6.44. The Bertz CT molecular complexity index is 2640. The van der Waals surface area contributed by atoms with Crippen LogP contribution in [0.3, 0.4) is 0 Å². The first-order valence-electron chi connectivity index (χ1n) is 22.5. The molecule has 2 aliphatic heterocycles. The third-order valence-corrected chi connectivity index (χ3v) is 14.5. The van der Waals surface area contributed by atoms with Crippen molar-refractivity contribution in [3.63, 3.8) is 0 Å². The summed E-state index contributed by atoms with van der Waals surface area (Å²) in [5.74, 6) is -3.33. The molecule has 0 aliphatic carbocycles. The Kier molecular flexibility index (Phi) is 17.3. The number of halogens is 2. The van der Waals surface area contributed by atoms with E-state index >= 15 is 0 Å². The SMILES string of the molecule is COc1cc(S(=O)(=O)N2C[C@@H](CNC(C)=O)Cc3ccc(CC(=O)OC(C)(C)C)cc32)ccc1F.COc1cc(S(=O)(=O)N2C[C@H](CNC(C)=O)Cc3ccc(CC(=O)OC(C)(C)C)cc32)ccc1F. The van der Waals surface area contributed by atoms with Gasteiger partial charge in [-0.15, -0.1) is 0 Å². The molecule has 2 N–H and O–H groups in total.